The number of ether oxygens (including phenoxy) is 1. The lowest BCUT2D eigenvalue weighted by atomic mass is 10.1. The zero-order valence-corrected chi connectivity index (χ0v) is 11.6. The van der Waals surface area contributed by atoms with Crippen molar-refractivity contribution in [2.24, 2.45) is 0 Å². The molecule has 116 valence electrons. The molecule has 0 spiro atoms. The number of carbonyl (C=O) groups is 1. The van der Waals surface area contributed by atoms with Gasteiger partial charge >= 0.3 is 6.18 Å². The molecule has 1 atom stereocenters. The third-order valence-electron chi connectivity index (χ3n) is 3.33. The summed E-state index contributed by atoms with van der Waals surface area (Å²) in [7, 11) is 1.49. The summed E-state index contributed by atoms with van der Waals surface area (Å²) in [6, 6.07) is 4.78. The Morgan fingerprint density at radius 1 is 1.43 bits per heavy atom. The number of hydrogen-bond donors (Lipinski definition) is 1. The Labute approximate surface area is 120 Å². The molecule has 1 N–H and O–H groups in total. The van der Waals surface area contributed by atoms with Crippen LogP contribution in [-0.2, 0) is 22.3 Å². The summed E-state index contributed by atoms with van der Waals surface area (Å²) in [4.78, 5) is 13.5. The molecule has 1 aliphatic rings. The van der Waals surface area contributed by atoms with E-state index in [-0.39, 0.29) is 24.6 Å². The molecule has 1 unspecified atom stereocenters. The fourth-order valence-corrected chi connectivity index (χ4v) is 2.26. The Morgan fingerprint density at radius 2 is 2.14 bits per heavy atom. The van der Waals surface area contributed by atoms with Gasteiger partial charge in [-0.3, -0.25) is 4.79 Å². The van der Waals surface area contributed by atoms with Gasteiger partial charge in [0.25, 0.3) is 0 Å². The van der Waals surface area contributed by atoms with Crippen molar-refractivity contribution >= 4 is 5.91 Å². The number of alkyl halides is 3. The van der Waals surface area contributed by atoms with E-state index < -0.39 is 17.8 Å². The van der Waals surface area contributed by atoms with Crippen LogP contribution in [0.1, 0.15) is 11.1 Å². The van der Waals surface area contributed by atoms with Crippen LogP contribution >= 0.6 is 0 Å². The highest BCUT2D eigenvalue weighted by Gasteiger charge is 2.33. The van der Waals surface area contributed by atoms with E-state index in [0.29, 0.717) is 13.2 Å². The highest BCUT2D eigenvalue weighted by atomic mass is 19.4. The SMILES string of the molecule is CN(Cc1ccccc1C(F)(F)F)C(=O)C1COCCN1. The standard InChI is InChI=1S/C14H17F3N2O2/c1-19(13(20)12-9-21-7-6-18-12)8-10-4-2-3-5-11(10)14(15,16)17/h2-5,12,18H,6-9H2,1H3. The molecule has 1 amide bonds. The van der Waals surface area contributed by atoms with Crippen molar-refractivity contribution in [2.45, 2.75) is 18.8 Å². The molecule has 0 aliphatic carbocycles. The van der Waals surface area contributed by atoms with Gasteiger partial charge in [-0.15, -0.1) is 0 Å². The average molecular weight is 302 g/mol. The van der Waals surface area contributed by atoms with Crippen molar-refractivity contribution in [2.75, 3.05) is 26.8 Å². The van der Waals surface area contributed by atoms with E-state index in [1.807, 2.05) is 0 Å². The normalized spacial score (nSPS) is 19.3. The molecule has 1 aromatic rings. The van der Waals surface area contributed by atoms with Gasteiger partial charge in [0.05, 0.1) is 18.8 Å². The van der Waals surface area contributed by atoms with Crippen LogP contribution in [0, 0.1) is 0 Å². The first-order chi connectivity index (χ1) is 9.89. The van der Waals surface area contributed by atoms with Gasteiger partial charge in [0.15, 0.2) is 0 Å². The van der Waals surface area contributed by atoms with Crippen molar-refractivity contribution in [1.82, 2.24) is 10.2 Å². The number of amides is 1. The van der Waals surface area contributed by atoms with E-state index in [4.69, 9.17) is 4.74 Å². The summed E-state index contributed by atoms with van der Waals surface area (Å²) in [5, 5.41) is 2.99. The third kappa shape index (κ3) is 3.95. The Morgan fingerprint density at radius 3 is 2.76 bits per heavy atom. The molecule has 1 heterocycles. The van der Waals surface area contributed by atoms with Crippen LogP contribution in [-0.4, -0.2) is 43.7 Å². The largest absolute Gasteiger partial charge is 0.416 e. The van der Waals surface area contributed by atoms with Crippen LogP contribution in [0.5, 0.6) is 0 Å². The molecule has 0 saturated carbocycles. The number of rotatable bonds is 3. The Hall–Kier alpha value is -1.60. The summed E-state index contributed by atoms with van der Waals surface area (Å²) >= 11 is 0. The maximum absolute atomic E-state index is 12.9. The Bertz CT molecular complexity index is 499. The predicted octanol–water partition coefficient (Wildman–Crippen LogP) is 1.65. The average Bonchev–Trinajstić information content (AvgIpc) is 2.47. The predicted molar refractivity (Wildman–Crippen MR) is 70.5 cm³/mol. The molecule has 7 heteroatoms. The second kappa shape index (κ2) is 6.44. The molecule has 1 saturated heterocycles. The molecule has 1 aliphatic heterocycles. The molecule has 21 heavy (non-hydrogen) atoms. The summed E-state index contributed by atoms with van der Waals surface area (Å²) in [5.41, 5.74) is -0.630. The van der Waals surface area contributed by atoms with Crippen molar-refractivity contribution in [1.29, 1.82) is 0 Å². The quantitative estimate of drug-likeness (QED) is 0.923. The molecule has 2 rings (SSSR count). The summed E-state index contributed by atoms with van der Waals surface area (Å²) in [6.45, 7) is 1.24. The van der Waals surface area contributed by atoms with Crippen LogP contribution in [0.2, 0.25) is 0 Å². The van der Waals surface area contributed by atoms with Crippen molar-refractivity contribution in [3.8, 4) is 0 Å². The molecule has 1 fully saturated rings. The zero-order valence-electron chi connectivity index (χ0n) is 11.6. The van der Waals surface area contributed by atoms with E-state index in [1.54, 1.807) is 0 Å². The summed E-state index contributed by atoms with van der Waals surface area (Å²) < 4.78 is 43.9. The number of morpholine rings is 1. The number of hydrogen-bond acceptors (Lipinski definition) is 3. The van der Waals surface area contributed by atoms with Crippen molar-refractivity contribution in [3.63, 3.8) is 0 Å². The minimum atomic E-state index is -4.42. The van der Waals surface area contributed by atoms with E-state index in [1.165, 1.54) is 30.1 Å². The number of halogens is 3. The van der Waals surface area contributed by atoms with E-state index >= 15 is 0 Å². The van der Waals surface area contributed by atoms with Gasteiger partial charge < -0.3 is 15.0 Å². The van der Waals surface area contributed by atoms with Gasteiger partial charge in [-0.1, -0.05) is 18.2 Å². The topological polar surface area (TPSA) is 41.6 Å². The van der Waals surface area contributed by atoms with Crippen molar-refractivity contribution < 1.29 is 22.7 Å². The fourth-order valence-electron chi connectivity index (χ4n) is 2.26. The van der Waals surface area contributed by atoms with Crippen molar-refractivity contribution in [3.05, 3.63) is 35.4 Å². The van der Waals surface area contributed by atoms with Gasteiger partial charge in [-0.2, -0.15) is 13.2 Å². The smallest absolute Gasteiger partial charge is 0.378 e. The summed E-state index contributed by atoms with van der Waals surface area (Å²) in [5.74, 6) is -0.272. The number of nitrogens with zero attached hydrogens (tertiary/aromatic N) is 1. The fraction of sp³-hybridized carbons (Fsp3) is 0.500. The van der Waals surface area contributed by atoms with Gasteiger partial charge in [0, 0.05) is 20.1 Å². The first-order valence-electron chi connectivity index (χ1n) is 6.61. The number of nitrogens with one attached hydrogen (secondary N) is 1. The minimum Gasteiger partial charge on any atom is -0.378 e. The lowest BCUT2D eigenvalue weighted by Gasteiger charge is -2.28. The molecular formula is C14H17F3N2O2. The van der Waals surface area contributed by atoms with Crippen LogP contribution in [0.4, 0.5) is 13.2 Å². The second-order valence-electron chi connectivity index (χ2n) is 4.93. The molecular weight excluding hydrogens is 285 g/mol. The zero-order chi connectivity index (χ0) is 15.5. The van der Waals surface area contributed by atoms with Crippen LogP contribution < -0.4 is 5.32 Å². The highest BCUT2D eigenvalue weighted by molar-refractivity contribution is 5.82. The Kier molecular flexibility index (Phi) is 4.84. The van der Waals surface area contributed by atoms with Gasteiger partial charge in [0.1, 0.15) is 6.04 Å². The monoisotopic (exact) mass is 302 g/mol. The van der Waals surface area contributed by atoms with Gasteiger partial charge in [-0.25, -0.2) is 0 Å². The number of carbonyl (C=O) groups excluding carboxylic acids is 1. The van der Waals surface area contributed by atoms with Gasteiger partial charge in [0.2, 0.25) is 5.91 Å². The first kappa shape index (κ1) is 15.8. The van der Waals surface area contributed by atoms with E-state index in [2.05, 4.69) is 5.32 Å². The molecule has 0 radical (unpaired) electrons. The molecule has 0 aromatic heterocycles. The first-order valence-corrected chi connectivity index (χ1v) is 6.61. The maximum Gasteiger partial charge on any atom is 0.416 e. The summed E-state index contributed by atoms with van der Waals surface area (Å²) in [6.07, 6.45) is -4.42. The maximum atomic E-state index is 12.9. The Balaban J connectivity index is 2.09. The van der Waals surface area contributed by atoms with E-state index in [0.717, 1.165) is 6.07 Å². The molecule has 1 aromatic carbocycles. The highest BCUT2D eigenvalue weighted by Crippen LogP contribution is 2.32. The van der Waals surface area contributed by atoms with Crippen LogP contribution in [0.3, 0.4) is 0 Å². The van der Waals surface area contributed by atoms with E-state index in [9.17, 15) is 18.0 Å². The van der Waals surface area contributed by atoms with Crippen LogP contribution in [0.15, 0.2) is 24.3 Å². The lowest BCUT2D eigenvalue weighted by molar-refractivity contribution is -0.140. The minimum absolute atomic E-state index is 0.0811. The lowest BCUT2D eigenvalue weighted by Crippen LogP contribution is -2.51. The third-order valence-corrected chi connectivity index (χ3v) is 3.33. The number of likely N-dealkylation sites (N-methyl/N-ethyl adjacent to an activating group) is 1. The molecule has 4 nitrogen and oxygen atoms in total. The van der Waals surface area contributed by atoms with Gasteiger partial charge in [-0.05, 0) is 11.6 Å². The number of benzene rings is 1. The van der Waals surface area contributed by atoms with Crippen LogP contribution in [0.25, 0.3) is 0 Å². The second-order valence-corrected chi connectivity index (χ2v) is 4.93. The molecule has 0 bridgehead atoms.